The van der Waals surface area contributed by atoms with Gasteiger partial charge in [-0.05, 0) is 85.7 Å². The molecule has 0 spiro atoms. The van der Waals surface area contributed by atoms with E-state index in [-0.39, 0.29) is 5.92 Å². The molecule has 0 radical (unpaired) electrons. The van der Waals surface area contributed by atoms with E-state index in [9.17, 15) is 15.3 Å². The highest BCUT2D eigenvalue weighted by Gasteiger charge is 2.50. The summed E-state index contributed by atoms with van der Waals surface area (Å²) in [4.78, 5) is 0. The number of allylic oxidation sites excluding steroid dienone is 4. The van der Waals surface area contributed by atoms with Crippen LogP contribution in [0.5, 0.6) is 0 Å². The van der Waals surface area contributed by atoms with Crippen LogP contribution in [-0.2, 0) is 0 Å². The molecule has 0 amide bonds. The summed E-state index contributed by atoms with van der Waals surface area (Å²) in [5.74, 6) is 1.94. The first-order chi connectivity index (χ1) is 15.6. The molecule has 0 unspecified atom stereocenters. The Balaban J connectivity index is 1.75. The van der Waals surface area contributed by atoms with Crippen molar-refractivity contribution >= 4 is 0 Å². The maximum Gasteiger partial charge on any atom is 0.0811 e. The minimum atomic E-state index is -0.626. The Bertz CT molecular complexity index is 786. The zero-order valence-corrected chi connectivity index (χ0v) is 21.7. The van der Waals surface area contributed by atoms with Gasteiger partial charge in [-0.3, -0.25) is 0 Å². The first-order valence-electron chi connectivity index (χ1n) is 13.4. The van der Waals surface area contributed by atoms with Crippen molar-refractivity contribution in [1.29, 1.82) is 0 Å². The minimum Gasteiger partial charge on any atom is -0.393 e. The van der Waals surface area contributed by atoms with Gasteiger partial charge in [0.25, 0.3) is 0 Å². The van der Waals surface area contributed by atoms with Crippen LogP contribution < -0.4 is 0 Å². The highest BCUT2D eigenvalue weighted by molar-refractivity contribution is 5.38. The van der Waals surface area contributed by atoms with E-state index in [4.69, 9.17) is 0 Å². The molecule has 0 aromatic carbocycles. The van der Waals surface area contributed by atoms with Crippen LogP contribution in [0.15, 0.2) is 47.6 Å². The molecule has 3 aliphatic carbocycles. The topological polar surface area (TPSA) is 60.7 Å². The Morgan fingerprint density at radius 3 is 2.48 bits per heavy atom. The van der Waals surface area contributed by atoms with Crippen molar-refractivity contribution < 1.29 is 15.3 Å². The van der Waals surface area contributed by atoms with E-state index in [0.717, 1.165) is 30.4 Å². The number of fused-ring (bicyclic) bond motifs is 1. The lowest BCUT2D eigenvalue weighted by molar-refractivity contribution is -0.00206. The molecule has 0 heterocycles. The van der Waals surface area contributed by atoms with Gasteiger partial charge in [-0.1, -0.05) is 71.1 Å². The molecule has 3 N–H and O–H groups in total. The third-order valence-electron chi connectivity index (χ3n) is 9.71. The van der Waals surface area contributed by atoms with E-state index in [1.165, 1.54) is 31.3 Å². The van der Waals surface area contributed by atoms with Crippen LogP contribution in [0.2, 0.25) is 0 Å². The molecule has 3 aliphatic rings. The lowest BCUT2D eigenvalue weighted by Gasteiger charge is -2.44. The quantitative estimate of drug-likeness (QED) is 0.383. The molecule has 0 aromatic rings. The number of aliphatic hydroxyl groups excluding tert-OH is 2. The maximum absolute atomic E-state index is 10.9. The summed E-state index contributed by atoms with van der Waals surface area (Å²) in [6.07, 6.45) is 16.7. The Morgan fingerprint density at radius 1 is 1.12 bits per heavy atom. The summed E-state index contributed by atoms with van der Waals surface area (Å²) >= 11 is 0. The number of hydrogen-bond acceptors (Lipinski definition) is 3. The maximum atomic E-state index is 10.9. The van der Waals surface area contributed by atoms with E-state index >= 15 is 0 Å². The molecular weight excluding hydrogens is 408 g/mol. The summed E-state index contributed by atoms with van der Waals surface area (Å²) in [6, 6.07) is 0. The minimum absolute atomic E-state index is 0.169. The van der Waals surface area contributed by atoms with Crippen LogP contribution in [0.4, 0.5) is 0 Å². The fourth-order valence-electron chi connectivity index (χ4n) is 7.16. The Hall–Kier alpha value is -1.16. The fraction of sp³-hybridized carbons (Fsp3) is 0.733. The van der Waals surface area contributed by atoms with Gasteiger partial charge in [0.15, 0.2) is 0 Å². The standard InChI is InChI=1S/C30H48O3/c1-7-30(33,8-2)21(4)12-11-20(3)26-15-16-27-23(10-9-17-29(26,27)6)13-14-24-18-25(31)19-28(32)22(24)5/h11-14,20-21,25-28,31-33H,5,7-10,15-19H2,1-4,6H3/b12-11-,23-13+,24-14-/t20-,21+,25-,26-,27+,28+,29-/m1/s1. The van der Waals surface area contributed by atoms with E-state index in [2.05, 4.69) is 65.5 Å². The van der Waals surface area contributed by atoms with E-state index < -0.39 is 17.8 Å². The second-order valence-corrected chi connectivity index (χ2v) is 11.5. The van der Waals surface area contributed by atoms with Crippen molar-refractivity contribution in [3.05, 3.63) is 47.6 Å². The van der Waals surface area contributed by atoms with Crippen molar-refractivity contribution in [2.24, 2.45) is 29.1 Å². The first kappa shape index (κ1) is 26.4. The first-order valence-corrected chi connectivity index (χ1v) is 13.4. The van der Waals surface area contributed by atoms with Crippen LogP contribution in [0.25, 0.3) is 0 Å². The van der Waals surface area contributed by atoms with Crippen molar-refractivity contribution in [2.75, 3.05) is 0 Å². The predicted octanol–water partition coefficient (Wildman–Crippen LogP) is 6.51. The SMILES string of the molecule is C=C1/C(=C\C=C2/CCC[C@]3(C)[C@@H]([C@H](C)/C=C\[C@H](C)C(O)(CC)CC)CC[C@@H]23)C[C@@H](O)C[C@@H]1O. The monoisotopic (exact) mass is 456 g/mol. The van der Waals surface area contributed by atoms with Gasteiger partial charge in [0.1, 0.15) is 0 Å². The fourth-order valence-corrected chi connectivity index (χ4v) is 7.16. The van der Waals surface area contributed by atoms with Crippen LogP contribution >= 0.6 is 0 Å². The van der Waals surface area contributed by atoms with E-state index in [1.807, 2.05) is 0 Å². The van der Waals surface area contributed by atoms with Crippen molar-refractivity contribution in [1.82, 2.24) is 0 Å². The smallest absolute Gasteiger partial charge is 0.0811 e. The zero-order chi connectivity index (χ0) is 24.4. The lowest BCUT2D eigenvalue weighted by Crippen LogP contribution is -2.36. The second-order valence-electron chi connectivity index (χ2n) is 11.5. The third-order valence-corrected chi connectivity index (χ3v) is 9.71. The zero-order valence-electron chi connectivity index (χ0n) is 21.7. The molecular formula is C30H48O3. The van der Waals surface area contributed by atoms with E-state index in [1.54, 1.807) is 0 Å². The average Bonchev–Trinajstić information content (AvgIpc) is 3.15. The van der Waals surface area contributed by atoms with E-state index in [0.29, 0.717) is 36.0 Å². The summed E-state index contributed by atoms with van der Waals surface area (Å²) in [5.41, 5.74) is 3.02. The molecule has 186 valence electrons. The number of aliphatic hydroxyl groups is 3. The normalized spacial score (nSPS) is 37.6. The van der Waals surface area contributed by atoms with Gasteiger partial charge in [-0.15, -0.1) is 0 Å². The Kier molecular flexibility index (Phi) is 8.51. The summed E-state index contributed by atoms with van der Waals surface area (Å²) in [7, 11) is 0. The molecule has 3 rings (SSSR count). The van der Waals surface area contributed by atoms with Crippen LogP contribution in [0.3, 0.4) is 0 Å². The molecule has 33 heavy (non-hydrogen) atoms. The van der Waals surface area contributed by atoms with Crippen molar-refractivity contribution in [3.63, 3.8) is 0 Å². The molecule has 3 nitrogen and oxygen atoms in total. The molecule has 3 heteroatoms. The number of hydrogen-bond donors (Lipinski definition) is 3. The second kappa shape index (κ2) is 10.6. The number of rotatable bonds is 7. The van der Waals surface area contributed by atoms with Crippen LogP contribution in [0.1, 0.15) is 92.4 Å². The Morgan fingerprint density at radius 2 is 1.82 bits per heavy atom. The van der Waals surface area contributed by atoms with Crippen molar-refractivity contribution in [2.45, 2.75) is 110 Å². The van der Waals surface area contributed by atoms with Gasteiger partial charge >= 0.3 is 0 Å². The molecule has 0 aliphatic heterocycles. The van der Waals surface area contributed by atoms with Crippen LogP contribution in [0, 0.1) is 29.1 Å². The summed E-state index contributed by atoms with van der Waals surface area (Å²) < 4.78 is 0. The van der Waals surface area contributed by atoms with Gasteiger partial charge < -0.3 is 15.3 Å². The largest absolute Gasteiger partial charge is 0.393 e. The highest BCUT2D eigenvalue weighted by atomic mass is 16.3. The van der Waals surface area contributed by atoms with Gasteiger partial charge in [0.05, 0.1) is 17.8 Å². The van der Waals surface area contributed by atoms with Gasteiger partial charge in [0.2, 0.25) is 0 Å². The van der Waals surface area contributed by atoms with Gasteiger partial charge in [-0.25, -0.2) is 0 Å². The summed E-state index contributed by atoms with van der Waals surface area (Å²) in [5, 5.41) is 31.1. The average molecular weight is 457 g/mol. The summed E-state index contributed by atoms with van der Waals surface area (Å²) in [6.45, 7) is 15.3. The molecule has 0 aromatic heterocycles. The third kappa shape index (κ3) is 5.41. The van der Waals surface area contributed by atoms with Crippen LogP contribution in [-0.4, -0.2) is 33.1 Å². The van der Waals surface area contributed by atoms with Crippen molar-refractivity contribution in [3.8, 4) is 0 Å². The van der Waals surface area contributed by atoms with Gasteiger partial charge in [-0.2, -0.15) is 0 Å². The molecule has 3 fully saturated rings. The molecule has 0 saturated heterocycles. The Labute approximate surface area is 202 Å². The molecule has 0 bridgehead atoms. The highest BCUT2D eigenvalue weighted by Crippen LogP contribution is 2.59. The van der Waals surface area contributed by atoms with Gasteiger partial charge in [0, 0.05) is 12.3 Å². The molecule has 3 saturated carbocycles. The lowest BCUT2D eigenvalue weighted by atomic mass is 9.61. The molecule has 7 atom stereocenters. The predicted molar refractivity (Wildman–Crippen MR) is 138 cm³/mol.